The number of para-hydroxylation sites is 1. The van der Waals surface area contributed by atoms with Crippen LogP contribution in [-0.4, -0.2) is 17.5 Å². The van der Waals surface area contributed by atoms with Gasteiger partial charge in [0, 0.05) is 17.5 Å². The SMILES string of the molecule is Cc1csc(CNC(=O)CCCOc2ccccc2)n1. The molecule has 0 spiro atoms. The van der Waals surface area contributed by atoms with Crippen LogP contribution < -0.4 is 10.1 Å². The molecular formula is C15H18N2O2S. The Morgan fingerprint density at radius 3 is 2.85 bits per heavy atom. The van der Waals surface area contributed by atoms with Gasteiger partial charge in [0.1, 0.15) is 10.8 Å². The molecular weight excluding hydrogens is 272 g/mol. The number of nitrogens with one attached hydrogen (secondary N) is 1. The fourth-order valence-electron chi connectivity index (χ4n) is 1.69. The normalized spacial score (nSPS) is 10.2. The summed E-state index contributed by atoms with van der Waals surface area (Å²) < 4.78 is 5.53. The largest absolute Gasteiger partial charge is 0.494 e. The molecule has 5 heteroatoms. The molecule has 2 rings (SSSR count). The lowest BCUT2D eigenvalue weighted by Crippen LogP contribution is -2.22. The van der Waals surface area contributed by atoms with Crippen molar-refractivity contribution in [3.63, 3.8) is 0 Å². The molecule has 0 aliphatic heterocycles. The molecule has 20 heavy (non-hydrogen) atoms. The number of benzene rings is 1. The molecule has 1 N–H and O–H groups in total. The van der Waals surface area contributed by atoms with Crippen LogP contribution in [0, 0.1) is 6.92 Å². The second-order valence-electron chi connectivity index (χ2n) is 4.42. The molecule has 0 saturated heterocycles. The predicted molar refractivity (Wildman–Crippen MR) is 79.9 cm³/mol. The molecule has 0 saturated carbocycles. The molecule has 106 valence electrons. The number of ether oxygens (including phenoxy) is 1. The van der Waals surface area contributed by atoms with E-state index in [-0.39, 0.29) is 5.91 Å². The second-order valence-corrected chi connectivity index (χ2v) is 5.37. The summed E-state index contributed by atoms with van der Waals surface area (Å²) in [5.74, 6) is 0.876. The Bertz CT molecular complexity index is 540. The quantitative estimate of drug-likeness (QED) is 0.798. The smallest absolute Gasteiger partial charge is 0.220 e. The molecule has 2 aromatic rings. The van der Waals surface area contributed by atoms with Gasteiger partial charge in [0.15, 0.2) is 0 Å². The van der Waals surface area contributed by atoms with Gasteiger partial charge < -0.3 is 10.1 Å². The van der Waals surface area contributed by atoms with Crippen LogP contribution in [0.25, 0.3) is 0 Å². The van der Waals surface area contributed by atoms with Crippen molar-refractivity contribution in [3.05, 3.63) is 46.4 Å². The van der Waals surface area contributed by atoms with E-state index in [0.29, 0.717) is 26.0 Å². The van der Waals surface area contributed by atoms with E-state index in [9.17, 15) is 4.79 Å². The number of aryl methyl sites for hydroxylation is 1. The van der Waals surface area contributed by atoms with Crippen LogP contribution in [-0.2, 0) is 11.3 Å². The Morgan fingerprint density at radius 2 is 2.15 bits per heavy atom. The summed E-state index contributed by atoms with van der Waals surface area (Å²) >= 11 is 1.57. The van der Waals surface area contributed by atoms with Crippen LogP contribution in [0.15, 0.2) is 35.7 Å². The lowest BCUT2D eigenvalue weighted by molar-refractivity contribution is -0.121. The summed E-state index contributed by atoms with van der Waals surface area (Å²) in [5, 5.41) is 5.79. The number of rotatable bonds is 7. The van der Waals surface area contributed by atoms with Crippen molar-refractivity contribution in [3.8, 4) is 5.75 Å². The number of carbonyl (C=O) groups excluding carboxylic acids is 1. The highest BCUT2D eigenvalue weighted by molar-refractivity contribution is 7.09. The minimum Gasteiger partial charge on any atom is -0.494 e. The number of hydrogen-bond acceptors (Lipinski definition) is 4. The molecule has 1 aromatic heterocycles. The summed E-state index contributed by atoms with van der Waals surface area (Å²) in [6.07, 6.45) is 1.18. The zero-order valence-electron chi connectivity index (χ0n) is 11.5. The molecule has 0 fully saturated rings. The van der Waals surface area contributed by atoms with Gasteiger partial charge >= 0.3 is 0 Å². The van der Waals surface area contributed by atoms with E-state index >= 15 is 0 Å². The molecule has 0 aliphatic rings. The Balaban J connectivity index is 1.58. The van der Waals surface area contributed by atoms with Gasteiger partial charge in [-0.05, 0) is 25.5 Å². The van der Waals surface area contributed by atoms with E-state index in [4.69, 9.17) is 4.74 Å². The van der Waals surface area contributed by atoms with Crippen molar-refractivity contribution in [2.24, 2.45) is 0 Å². The second kappa shape index (κ2) is 7.65. The fourth-order valence-corrected chi connectivity index (χ4v) is 2.40. The first-order chi connectivity index (χ1) is 9.74. The number of amides is 1. The lowest BCUT2D eigenvalue weighted by atomic mass is 10.3. The molecule has 4 nitrogen and oxygen atoms in total. The average molecular weight is 290 g/mol. The number of nitrogens with zero attached hydrogens (tertiary/aromatic N) is 1. The first-order valence-electron chi connectivity index (χ1n) is 6.59. The fraction of sp³-hybridized carbons (Fsp3) is 0.333. The maximum absolute atomic E-state index is 11.6. The highest BCUT2D eigenvalue weighted by Gasteiger charge is 2.03. The van der Waals surface area contributed by atoms with Crippen molar-refractivity contribution in [2.75, 3.05) is 6.61 Å². The molecule has 0 bridgehead atoms. The highest BCUT2D eigenvalue weighted by atomic mass is 32.1. The first-order valence-corrected chi connectivity index (χ1v) is 7.47. The van der Waals surface area contributed by atoms with E-state index in [1.165, 1.54) is 0 Å². The van der Waals surface area contributed by atoms with Crippen LogP contribution in [0.2, 0.25) is 0 Å². The Morgan fingerprint density at radius 1 is 1.35 bits per heavy atom. The van der Waals surface area contributed by atoms with Crippen molar-refractivity contribution in [1.29, 1.82) is 0 Å². The third-order valence-corrected chi connectivity index (χ3v) is 3.63. The van der Waals surface area contributed by atoms with Gasteiger partial charge in [0.05, 0.1) is 13.2 Å². The zero-order valence-corrected chi connectivity index (χ0v) is 12.3. The minimum absolute atomic E-state index is 0.0366. The third-order valence-electron chi connectivity index (χ3n) is 2.66. The topological polar surface area (TPSA) is 51.2 Å². The van der Waals surface area contributed by atoms with Crippen molar-refractivity contribution >= 4 is 17.2 Å². The standard InChI is InChI=1S/C15H18N2O2S/c1-12-11-20-15(17-12)10-16-14(18)8-5-9-19-13-6-3-2-4-7-13/h2-4,6-7,11H,5,8-10H2,1H3,(H,16,18). The summed E-state index contributed by atoms with van der Waals surface area (Å²) in [7, 11) is 0. The maximum atomic E-state index is 11.6. The van der Waals surface area contributed by atoms with Crippen LogP contribution in [0.3, 0.4) is 0 Å². The molecule has 1 aromatic carbocycles. The van der Waals surface area contributed by atoms with Gasteiger partial charge in [0.2, 0.25) is 5.91 Å². The molecule has 1 amide bonds. The minimum atomic E-state index is 0.0366. The Kier molecular flexibility index (Phi) is 5.55. The molecule has 0 unspecified atom stereocenters. The van der Waals surface area contributed by atoms with Crippen LogP contribution in [0.1, 0.15) is 23.5 Å². The number of aromatic nitrogens is 1. The summed E-state index contributed by atoms with van der Waals surface area (Å²) in [6.45, 7) is 3.01. The van der Waals surface area contributed by atoms with E-state index in [0.717, 1.165) is 16.5 Å². The first kappa shape index (κ1) is 14.5. The number of thiazole rings is 1. The number of hydrogen-bond donors (Lipinski definition) is 1. The van der Waals surface area contributed by atoms with Crippen LogP contribution in [0.4, 0.5) is 0 Å². The lowest BCUT2D eigenvalue weighted by Gasteiger charge is -2.06. The van der Waals surface area contributed by atoms with E-state index in [1.807, 2.05) is 42.6 Å². The van der Waals surface area contributed by atoms with E-state index in [1.54, 1.807) is 11.3 Å². The van der Waals surface area contributed by atoms with Crippen LogP contribution in [0.5, 0.6) is 5.75 Å². The monoisotopic (exact) mass is 290 g/mol. The van der Waals surface area contributed by atoms with E-state index < -0.39 is 0 Å². The van der Waals surface area contributed by atoms with Gasteiger partial charge in [-0.15, -0.1) is 11.3 Å². The van der Waals surface area contributed by atoms with Crippen LogP contribution >= 0.6 is 11.3 Å². The molecule has 1 heterocycles. The molecule has 0 radical (unpaired) electrons. The average Bonchev–Trinajstić information content (AvgIpc) is 2.88. The highest BCUT2D eigenvalue weighted by Crippen LogP contribution is 2.09. The predicted octanol–water partition coefficient (Wildman–Crippen LogP) is 2.93. The van der Waals surface area contributed by atoms with Crippen molar-refractivity contribution in [2.45, 2.75) is 26.3 Å². The van der Waals surface area contributed by atoms with E-state index in [2.05, 4.69) is 10.3 Å². The molecule has 0 atom stereocenters. The van der Waals surface area contributed by atoms with Gasteiger partial charge in [-0.25, -0.2) is 4.98 Å². The van der Waals surface area contributed by atoms with Crippen molar-refractivity contribution in [1.82, 2.24) is 10.3 Å². The van der Waals surface area contributed by atoms with Gasteiger partial charge in [0.25, 0.3) is 0 Å². The third kappa shape index (κ3) is 5.01. The van der Waals surface area contributed by atoms with Gasteiger partial charge in [-0.2, -0.15) is 0 Å². The zero-order chi connectivity index (χ0) is 14.2. The Hall–Kier alpha value is -1.88. The Labute approximate surface area is 122 Å². The van der Waals surface area contributed by atoms with Gasteiger partial charge in [-0.1, -0.05) is 18.2 Å². The maximum Gasteiger partial charge on any atom is 0.220 e. The summed E-state index contributed by atoms with van der Waals surface area (Å²) in [6, 6.07) is 9.62. The number of carbonyl (C=O) groups is 1. The summed E-state index contributed by atoms with van der Waals surface area (Å²) in [4.78, 5) is 15.9. The molecule has 0 aliphatic carbocycles. The van der Waals surface area contributed by atoms with Crippen molar-refractivity contribution < 1.29 is 9.53 Å². The van der Waals surface area contributed by atoms with Gasteiger partial charge in [-0.3, -0.25) is 4.79 Å². The summed E-state index contributed by atoms with van der Waals surface area (Å²) in [5.41, 5.74) is 0.996.